The highest BCUT2D eigenvalue weighted by Gasteiger charge is 2.17. The molecule has 1 amide bonds. The van der Waals surface area contributed by atoms with Crippen molar-refractivity contribution in [2.24, 2.45) is 5.10 Å². The van der Waals surface area contributed by atoms with Crippen LogP contribution in [0.2, 0.25) is 0 Å². The predicted molar refractivity (Wildman–Crippen MR) is 121 cm³/mol. The van der Waals surface area contributed by atoms with Crippen molar-refractivity contribution in [1.82, 2.24) is 25.2 Å². The minimum Gasteiger partial charge on any atom is -0.302 e. The quantitative estimate of drug-likeness (QED) is 0.355. The van der Waals surface area contributed by atoms with Gasteiger partial charge in [0.15, 0.2) is 11.0 Å². The van der Waals surface area contributed by atoms with E-state index in [0.29, 0.717) is 17.4 Å². The van der Waals surface area contributed by atoms with E-state index in [1.54, 1.807) is 6.20 Å². The molecule has 0 fully saturated rings. The molecule has 30 heavy (non-hydrogen) atoms. The predicted octanol–water partition coefficient (Wildman–Crippen LogP) is 3.90. The second-order valence-corrected chi connectivity index (χ2v) is 8.66. The van der Waals surface area contributed by atoms with Crippen LogP contribution in [-0.4, -0.2) is 37.6 Å². The number of nitrogens with one attached hydrogen (secondary N) is 1. The van der Waals surface area contributed by atoms with Gasteiger partial charge in [-0.05, 0) is 30.0 Å². The lowest BCUT2D eigenvalue weighted by Gasteiger charge is -2.19. The number of hydrogen-bond acceptors (Lipinski definition) is 6. The lowest BCUT2D eigenvalue weighted by atomic mass is 9.87. The van der Waals surface area contributed by atoms with Crippen LogP contribution in [-0.2, 0) is 16.8 Å². The molecule has 8 heteroatoms. The first-order valence-corrected chi connectivity index (χ1v) is 10.8. The first-order chi connectivity index (χ1) is 14.4. The van der Waals surface area contributed by atoms with E-state index >= 15 is 0 Å². The molecule has 0 saturated carbocycles. The van der Waals surface area contributed by atoms with Crippen LogP contribution in [0.5, 0.6) is 0 Å². The van der Waals surface area contributed by atoms with Crippen molar-refractivity contribution in [3.8, 4) is 11.4 Å². The Balaban J connectivity index is 1.63. The summed E-state index contributed by atoms with van der Waals surface area (Å²) in [7, 11) is 0. The van der Waals surface area contributed by atoms with E-state index in [-0.39, 0.29) is 17.1 Å². The van der Waals surface area contributed by atoms with Crippen LogP contribution in [0.1, 0.15) is 39.0 Å². The van der Waals surface area contributed by atoms with Crippen LogP contribution in [0.15, 0.2) is 58.9 Å². The summed E-state index contributed by atoms with van der Waals surface area (Å²) in [5.74, 6) is 0.781. The van der Waals surface area contributed by atoms with Gasteiger partial charge in [0.05, 0.1) is 17.7 Å². The van der Waals surface area contributed by atoms with E-state index in [1.165, 1.54) is 23.5 Å². The van der Waals surface area contributed by atoms with Crippen LogP contribution in [0, 0.1) is 0 Å². The Morgan fingerprint density at radius 1 is 1.17 bits per heavy atom. The van der Waals surface area contributed by atoms with Crippen molar-refractivity contribution < 1.29 is 4.79 Å². The molecule has 0 aliphatic rings. The fourth-order valence-electron chi connectivity index (χ4n) is 2.80. The molecule has 0 unspecified atom stereocenters. The summed E-state index contributed by atoms with van der Waals surface area (Å²) in [5.41, 5.74) is 5.57. The zero-order chi connectivity index (χ0) is 21.6. The average molecular weight is 423 g/mol. The third-order valence-corrected chi connectivity index (χ3v) is 5.42. The van der Waals surface area contributed by atoms with Gasteiger partial charge in [0.25, 0.3) is 5.91 Å². The fourth-order valence-corrected chi connectivity index (χ4v) is 3.59. The maximum atomic E-state index is 12.1. The summed E-state index contributed by atoms with van der Waals surface area (Å²) in [6.45, 7) is 9.33. The van der Waals surface area contributed by atoms with Gasteiger partial charge in [0.1, 0.15) is 0 Å². The van der Waals surface area contributed by atoms with Crippen molar-refractivity contribution in [2.75, 3.05) is 5.75 Å². The lowest BCUT2D eigenvalue weighted by Crippen LogP contribution is -2.20. The summed E-state index contributed by atoms with van der Waals surface area (Å²) in [4.78, 5) is 16.2. The van der Waals surface area contributed by atoms with Crippen LogP contribution in [0.25, 0.3) is 11.4 Å². The Morgan fingerprint density at radius 2 is 1.93 bits per heavy atom. The maximum Gasteiger partial charge on any atom is 0.250 e. The van der Waals surface area contributed by atoms with E-state index < -0.39 is 0 Å². The Bertz CT molecular complexity index is 1010. The summed E-state index contributed by atoms with van der Waals surface area (Å²) < 4.78 is 2.02. The first-order valence-electron chi connectivity index (χ1n) is 9.78. The Kier molecular flexibility index (Phi) is 6.99. The Labute approximate surface area is 181 Å². The number of carbonyl (C=O) groups excluding carboxylic acids is 1. The number of hydrogen-bond donors (Lipinski definition) is 1. The summed E-state index contributed by atoms with van der Waals surface area (Å²) in [6, 6.07) is 13.9. The highest BCUT2D eigenvalue weighted by molar-refractivity contribution is 7.99. The number of pyridine rings is 1. The van der Waals surface area contributed by atoms with Crippen molar-refractivity contribution in [3.63, 3.8) is 0 Å². The second kappa shape index (κ2) is 9.67. The van der Waals surface area contributed by atoms with Gasteiger partial charge in [-0.3, -0.25) is 9.78 Å². The molecule has 0 bridgehead atoms. The molecule has 0 aliphatic carbocycles. The molecule has 3 aromatic rings. The molecular weight excluding hydrogens is 396 g/mol. The third-order valence-electron chi connectivity index (χ3n) is 4.45. The van der Waals surface area contributed by atoms with Crippen LogP contribution in [0.4, 0.5) is 0 Å². The number of aromatic nitrogens is 4. The molecular formula is C22H26N6OS. The maximum absolute atomic E-state index is 12.1. The van der Waals surface area contributed by atoms with Gasteiger partial charge < -0.3 is 4.57 Å². The zero-order valence-corrected chi connectivity index (χ0v) is 18.5. The number of thioether (sulfide) groups is 1. The normalized spacial score (nSPS) is 11.7. The smallest absolute Gasteiger partial charge is 0.250 e. The molecule has 2 heterocycles. The van der Waals surface area contributed by atoms with E-state index in [2.05, 4.69) is 70.7 Å². The monoisotopic (exact) mass is 422 g/mol. The molecule has 2 aromatic heterocycles. The van der Waals surface area contributed by atoms with Gasteiger partial charge in [-0.2, -0.15) is 5.10 Å². The molecule has 7 nitrogen and oxygen atoms in total. The van der Waals surface area contributed by atoms with Crippen LogP contribution >= 0.6 is 11.8 Å². The molecule has 156 valence electrons. The first kappa shape index (κ1) is 21.7. The number of carbonyl (C=O) groups is 1. The Morgan fingerprint density at radius 3 is 2.57 bits per heavy atom. The third kappa shape index (κ3) is 5.54. The molecule has 0 aliphatic heterocycles. The number of nitrogens with zero attached hydrogens (tertiary/aromatic N) is 5. The molecule has 0 radical (unpaired) electrons. The lowest BCUT2D eigenvalue weighted by molar-refractivity contribution is -0.118. The Hall–Kier alpha value is -3.00. The fraction of sp³-hybridized carbons (Fsp3) is 0.318. The van der Waals surface area contributed by atoms with Gasteiger partial charge in [0, 0.05) is 18.3 Å². The molecule has 0 spiro atoms. The summed E-state index contributed by atoms with van der Waals surface area (Å²) in [5, 5.41) is 13.3. The van der Waals surface area contributed by atoms with Crippen LogP contribution in [0.3, 0.4) is 0 Å². The molecule has 3 rings (SSSR count). The van der Waals surface area contributed by atoms with Gasteiger partial charge in [-0.1, -0.05) is 62.9 Å². The SMILES string of the molecule is CCn1c(SCC(=O)N/N=C\c2ccccn2)nnc1-c1ccc(C(C)(C)C)cc1. The number of benzene rings is 1. The highest BCUT2D eigenvalue weighted by atomic mass is 32.2. The van der Waals surface area contributed by atoms with Crippen molar-refractivity contribution >= 4 is 23.9 Å². The average Bonchev–Trinajstić information content (AvgIpc) is 3.15. The summed E-state index contributed by atoms with van der Waals surface area (Å²) >= 11 is 1.34. The van der Waals surface area contributed by atoms with Crippen molar-refractivity contribution in [1.29, 1.82) is 0 Å². The standard InChI is InChI=1S/C22H26N6OS/c1-5-28-20(16-9-11-17(12-10-16)22(2,3)4)26-27-21(28)30-15-19(29)25-24-14-18-8-6-7-13-23-18/h6-14H,5,15H2,1-4H3,(H,25,29)/b24-14-. The molecule has 0 atom stereocenters. The van der Waals surface area contributed by atoms with E-state index in [1.807, 2.05) is 29.7 Å². The van der Waals surface area contributed by atoms with Crippen molar-refractivity contribution in [3.05, 3.63) is 59.9 Å². The second-order valence-electron chi connectivity index (χ2n) is 7.71. The van der Waals surface area contributed by atoms with Crippen LogP contribution < -0.4 is 5.43 Å². The number of amides is 1. The minimum absolute atomic E-state index is 0.102. The van der Waals surface area contributed by atoms with Gasteiger partial charge in [-0.15, -0.1) is 10.2 Å². The molecule has 1 N–H and O–H groups in total. The zero-order valence-electron chi connectivity index (χ0n) is 17.7. The molecule has 0 saturated heterocycles. The van der Waals surface area contributed by atoms with Gasteiger partial charge in [-0.25, -0.2) is 5.43 Å². The molecule has 1 aromatic carbocycles. The summed E-state index contributed by atoms with van der Waals surface area (Å²) in [6.07, 6.45) is 3.18. The largest absolute Gasteiger partial charge is 0.302 e. The van der Waals surface area contributed by atoms with Gasteiger partial charge in [0.2, 0.25) is 0 Å². The minimum atomic E-state index is -0.214. The van der Waals surface area contributed by atoms with Crippen molar-refractivity contribution in [2.45, 2.75) is 44.8 Å². The number of rotatable bonds is 7. The van der Waals surface area contributed by atoms with Gasteiger partial charge >= 0.3 is 0 Å². The highest BCUT2D eigenvalue weighted by Crippen LogP contribution is 2.27. The van der Waals surface area contributed by atoms with E-state index in [9.17, 15) is 4.79 Å². The van der Waals surface area contributed by atoms with E-state index in [4.69, 9.17) is 0 Å². The topological polar surface area (TPSA) is 85.1 Å². The number of hydrazone groups is 1. The van der Waals surface area contributed by atoms with E-state index in [0.717, 1.165) is 11.4 Å².